The number of Topliss-reactive ketones (excluding diaryl/α,β-unsaturated/α-hetero) is 1. The molecule has 1 aliphatic rings. The first-order valence-electron chi connectivity index (χ1n) is 5.59. The van der Waals surface area contributed by atoms with Gasteiger partial charge in [0, 0.05) is 31.4 Å². The maximum Gasteiger partial charge on any atom is 0.202 e. The number of hydrogen-bond acceptors (Lipinski definition) is 3. The molecule has 1 saturated heterocycles. The van der Waals surface area contributed by atoms with E-state index in [4.69, 9.17) is 0 Å². The number of hydrogen-bond donors (Lipinski definition) is 1. The average molecular weight is 207 g/mol. The lowest BCUT2D eigenvalue weighted by Gasteiger charge is -2.08. The molecule has 1 aliphatic heterocycles. The van der Waals surface area contributed by atoms with Gasteiger partial charge in [-0.05, 0) is 19.4 Å². The van der Waals surface area contributed by atoms with Gasteiger partial charge in [-0.2, -0.15) is 0 Å². The van der Waals surface area contributed by atoms with Crippen LogP contribution in [0.2, 0.25) is 0 Å². The number of imidazole rings is 1. The van der Waals surface area contributed by atoms with Gasteiger partial charge in [-0.3, -0.25) is 4.79 Å². The molecule has 1 N–H and O–H groups in total. The molecule has 4 heteroatoms. The molecule has 1 aromatic rings. The third-order valence-corrected chi connectivity index (χ3v) is 2.83. The summed E-state index contributed by atoms with van der Waals surface area (Å²) >= 11 is 0. The van der Waals surface area contributed by atoms with Crippen molar-refractivity contribution in [2.75, 3.05) is 13.1 Å². The predicted octanol–water partition coefficient (Wildman–Crippen LogP) is 1.09. The third-order valence-electron chi connectivity index (χ3n) is 2.83. The van der Waals surface area contributed by atoms with Crippen molar-refractivity contribution in [1.82, 2.24) is 14.9 Å². The third kappa shape index (κ3) is 2.09. The summed E-state index contributed by atoms with van der Waals surface area (Å²) in [6.45, 7) is 4.73. The summed E-state index contributed by atoms with van der Waals surface area (Å²) in [7, 11) is 0. The van der Waals surface area contributed by atoms with Crippen LogP contribution in [0.3, 0.4) is 0 Å². The van der Waals surface area contributed by atoms with Gasteiger partial charge in [0.2, 0.25) is 5.78 Å². The first-order chi connectivity index (χ1) is 7.33. The molecule has 0 bridgehead atoms. The van der Waals surface area contributed by atoms with E-state index in [0.29, 0.717) is 5.82 Å². The predicted molar refractivity (Wildman–Crippen MR) is 57.8 cm³/mol. The van der Waals surface area contributed by atoms with Gasteiger partial charge in [0.1, 0.15) is 0 Å². The van der Waals surface area contributed by atoms with Crippen molar-refractivity contribution in [3.05, 3.63) is 18.2 Å². The number of nitrogens with zero attached hydrogens (tertiary/aromatic N) is 2. The second kappa shape index (κ2) is 4.57. The highest BCUT2D eigenvalue weighted by Gasteiger charge is 2.26. The second-order valence-corrected chi connectivity index (χ2v) is 4.00. The van der Waals surface area contributed by atoms with Gasteiger partial charge in [-0.1, -0.05) is 6.92 Å². The molecular weight excluding hydrogens is 190 g/mol. The molecule has 1 atom stereocenters. The van der Waals surface area contributed by atoms with Crippen molar-refractivity contribution in [2.24, 2.45) is 5.92 Å². The van der Waals surface area contributed by atoms with E-state index in [2.05, 4.69) is 17.2 Å². The Labute approximate surface area is 89.7 Å². The number of carbonyl (C=O) groups is 1. The first kappa shape index (κ1) is 10.4. The molecule has 15 heavy (non-hydrogen) atoms. The average Bonchev–Trinajstić information content (AvgIpc) is 2.87. The van der Waals surface area contributed by atoms with Gasteiger partial charge in [-0.15, -0.1) is 0 Å². The summed E-state index contributed by atoms with van der Waals surface area (Å²) < 4.78 is 1.96. The van der Waals surface area contributed by atoms with Crippen molar-refractivity contribution in [2.45, 2.75) is 26.3 Å². The molecule has 1 fully saturated rings. The number of aromatic nitrogens is 2. The molecule has 4 nitrogen and oxygen atoms in total. The van der Waals surface area contributed by atoms with Crippen molar-refractivity contribution in [1.29, 1.82) is 0 Å². The van der Waals surface area contributed by atoms with E-state index < -0.39 is 0 Å². The summed E-state index contributed by atoms with van der Waals surface area (Å²) in [4.78, 5) is 16.2. The summed E-state index contributed by atoms with van der Waals surface area (Å²) in [5.41, 5.74) is 0. The Morgan fingerprint density at radius 2 is 2.60 bits per heavy atom. The van der Waals surface area contributed by atoms with E-state index >= 15 is 0 Å². The van der Waals surface area contributed by atoms with E-state index in [-0.39, 0.29) is 11.7 Å². The van der Waals surface area contributed by atoms with Crippen LogP contribution in [0.5, 0.6) is 0 Å². The van der Waals surface area contributed by atoms with Gasteiger partial charge in [-0.25, -0.2) is 4.98 Å². The van der Waals surface area contributed by atoms with E-state index in [1.54, 1.807) is 6.20 Å². The zero-order valence-corrected chi connectivity index (χ0v) is 9.07. The van der Waals surface area contributed by atoms with E-state index in [0.717, 1.165) is 32.5 Å². The summed E-state index contributed by atoms with van der Waals surface area (Å²) in [5, 5.41) is 3.21. The quantitative estimate of drug-likeness (QED) is 0.752. The molecule has 0 amide bonds. The van der Waals surface area contributed by atoms with Crippen molar-refractivity contribution in [3.8, 4) is 0 Å². The fourth-order valence-corrected chi connectivity index (χ4v) is 2.02. The molecule has 2 rings (SSSR count). The van der Waals surface area contributed by atoms with Gasteiger partial charge in [0.25, 0.3) is 0 Å². The number of ketones is 1. The Balaban J connectivity index is 2.13. The van der Waals surface area contributed by atoms with Gasteiger partial charge >= 0.3 is 0 Å². The van der Waals surface area contributed by atoms with Gasteiger partial charge in [0.15, 0.2) is 5.82 Å². The zero-order chi connectivity index (χ0) is 10.7. The minimum absolute atomic E-state index is 0.128. The summed E-state index contributed by atoms with van der Waals surface area (Å²) in [5.74, 6) is 0.951. The highest BCUT2D eigenvalue weighted by atomic mass is 16.1. The topological polar surface area (TPSA) is 46.9 Å². The van der Waals surface area contributed by atoms with Crippen LogP contribution in [-0.4, -0.2) is 28.4 Å². The maximum absolute atomic E-state index is 12.1. The molecule has 0 radical (unpaired) electrons. The molecule has 82 valence electrons. The Bertz CT molecular complexity index is 339. The monoisotopic (exact) mass is 207 g/mol. The lowest BCUT2D eigenvalue weighted by atomic mass is 10.0. The fraction of sp³-hybridized carbons (Fsp3) is 0.636. The molecule has 0 aliphatic carbocycles. The van der Waals surface area contributed by atoms with Crippen LogP contribution in [0.4, 0.5) is 0 Å². The minimum atomic E-state index is 0.128. The van der Waals surface area contributed by atoms with E-state index in [9.17, 15) is 4.79 Å². The fourth-order valence-electron chi connectivity index (χ4n) is 2.02. The molecular formula is C11H17N3O. The van der Waals surface area contributed by atoms with E-state index in [1.807, 2.05) is 10.8 Å². The smallest absolute Gasteiger partial charge is 0.202 e. The lowest BCUT2D eigenvalue weighted by molar-refractivity contribution is 0.0915. The Hall–Kier alpha value is -1.16. The number of aryl methyl sites for hydroxylation is 1. The van der Waals surface area contributed by atoms with Crippen LogP contribution < -0.4 is 5.32 Å². The van der Waals surface area contributed by atoms with Gasteiger partial charge in [0.05, 0.1) is 0 Å². The number of nitrogens with one attached hydrogen (secondary N) is 1. The molecule has 1 aromatic heterocycles. The van der Waals surface area contributed by atoms with Crippen LogP contribution in [0.1, 0.15) is 30.4 Å². The standard InChI is InChI=1S/C11H17N3O/c1-2-6-14-7-5-13-11(14)10(15)9-3-4-12-8-9/h5,7,9,12H,2-4,6,8H2,1H3. The van der Waals surface area contributed by atoms with Crippen molar-refractivity contribution >= 4 is 5.78 Å². The van der Waals surface area contributed by atoms with Gasteiger partial charge < -0.3 is 9.88 Å². The van der Waals surface area contributed by atoms with Crippen molar-refractivity contribution < 1.29 is 4.79 Å². The highest BCUT2D eigenvalue weighted by molar-refractivity contribution is 5.95. The molecule has 0 saturated carbocycles. The maximum atomic E-state index is 12.1. The van der Waals surface area contributed by atoms with E-state index in [1.165, 1.54) is 0 Å². The summed E-state index contributed by atoms with van der Waals surface area (Å²) in [6, 6.07) is 0. The molecule has 2 heterocycles. The van der Waals surface area contributed by atoms with Crippen LogP contribution in [0.15, 0.2) is 12.4 Å². The lowest BCUT2D eigenvalue weighted by Crippen LogP contribution is -2.21. The van der Waals surface area contributed by atoms with Crippen LogP contribution >= 0.6 is 0 Å². The Morgan fingerprint density at radius 1 is 1.73 bits per heavy atom. The Kier molecular flexibility index (Phi) is 3.16. The van der Waals surface area contributed by atoms with Crippen LogP contribution in [-0.2, 0) is 6.54 Å². The number of rotatable bonds is 4. The normalized spacial score (nSPS) is 20.7. The SMILES string of the molecule is CCCn1ccnc1C(=O)C1CCNC1. The zero-order valence-electron chi connectivity index (χ0n) is 9.07. The van der Waals surface area contributed by atoms with Crippen LogP contribution in [0, 0.1) is 5.92 Å². The molecule has 0 spiro atoms. The highest BCUT2D eigenvalue weighted by Crippen LogP contribution is 2.14. The largest absolute Gasteiger partial charge is 0.329 e. The van der Waals surface area contributed by atoms with Crippen molar-refractivity contribution in [3.63, 3.8) is 0 Å². The van der Waals surface area contributed by atoms with Crippen LogP contribution in [0.25, 0.3) is 0 Å². The molecule has 1 unspecified atom stereocenters. The molecule has 0 aromatic carbocycles. The minimum Gasteiger partial charge on any atom is -0.329 e. The Morgan fingerprint density at radius 3 is 3.27 bits per heavy atom. The first-order valence-corrected chi connectivity index (χ1v) is 5.59. The summed E-state index contributed by atoms with van der Waals surface area (Å²) in [6.07, 6.45) is 5.57. The second-order valence-electron chi connectivity index (χ2n) is 4.00. The number of carbonyl (C=O) groups excluding carboxylic acids is 1.